The van der Waals surface area contributed by atoms with Gasteiger partial charge in [0.2, 0.25) is 0 Å². The SMILES string of the molecule is O=[N+]([O-])c1cnn(CC(O)CNCC2CC(O)C2)c1. The molecule has 1 atom stereocenters. The summed E-state index contributed by atoms with van der Waals surface area (Å²) in [5, 5.41) is 36.3. The second kappa shape index (κ2) is 6.09. The van der Waals surface area contributed by atoms with Crippen LogP contribution in [-0.2, 0) is 6.54 Å². The lowest BCUT2D eigenvalue weighted by Crippen LogP contribution is -2.39. The van der Waals surface area contributed by atoms with Crippen molar-refractivity contribution >= 4 is 5.69 Å². The topological polar surface area (TPSA) is 113 Å². The molecule has 0 bridgehead atoms. The van der Waals surface area contributed by atoms with E-state index in [0.29, 0.717) is 12.5 Å². The van der Waals surface area contributed by atoms with Crippen molar-refractivity contribution in [3.8, 4) is 0 Å². The molecule has 1 aromatic rings. The van der Waals surface area contributed by atoms with E-state index in [1.54, 1.807) is 0 Å². The number of nitrogens with one attached hydrogen (secondary N) is 1. The predicted molar refractivity (Wildman–Crippen MR) is 66.5 cm³/mol. The van der Waals surface area contributed by atoms with Crippen LogP contribution in [0.25, 0.3) is 0 Å². The Bertz CT molecular complexity index is 430. The average Bonchev–Trinajstić information content (AvgIpc) is 2.75. The van der Waals surface area contributed by atoms with Crippen LogP contribution in [0.15, 0.2) is 12.4 Å². The molecule has 0 aliphatic heterocycles. The van der Waals surface area contributed by atoms with E-state index in [4.69, 9.17) is 5.11 Å². The fourth-order valence-corrected chi connectivity index (χ4v) is 2.15. The van der Waals surface area contributed by atoms with Crippen LogP contribution in [0.5, 0.6) is 0 Å². The summed E-state index contributed by atoms with van der Waals surface area (Å²) >= 11 is 0. The van der Waals surface area contributed by atoms with E-state index in [1.165, 1.54) is 10.9 Å². The minimum atomic E-state index is -0.649. The largest absolute Gasteiger partial charge is 0.393 e. The van der Waals surface area contributed by atoms with Crippen molar-refractivity contribution < 1.29 is 15.1 Å². The van der Waals surface area contributed by atoms with Gasteiger partial charge < -0.3 is 15.5 Å². The zero-order valence-corrected chi connectivity index (χ0v) is 10.5. The van der Waals surface area contributed by atoms with Crippen LogP contribution in [0.2, 0.25) is 0 Å². The first kappa shape index (κ1) is 13.9. The van der Waals surface area contributed by atoms with Crippen molar-refractivity contribution in [1.82, 2.24) is 15.1 Å². The van der Waals surface area contributed by atoms with Gasteiger partial charge in [-0.1, -0.05) is 0 Å². The number of hydrogen-bond acceptors (Lipinski definition) is 6. The first-order valence-corrected chi connectivity index (χ1v) is 6.28. The molecular formula is C11H18N4O4. The smallest absolute Gasteiger partial charge is 0.306 e. The third-order valence-corrected chi connectivity index (χ3v) is 3.25. The molecule has 0 aromatic carbocycles. The number of rotatable bonds is 7. The Morgan fingerprint density at radius 1 is 1.63 bits per heavy atom. The van der Waals surface area contributed by atoms with Crippen LogP contribution in [0, 0.1) is 16.0 Å². The number of aliphatic hydroxyl groups excluding tert-OH is 2. The van der Waals surface area contributed by atoms with Crippen LogP contribution in [0.1, 0.15) is 12.8 Å². The quantitative estimate of drug-likeness (QED) is 0.455. The lowest BCUT2D eigenvalue weighted by Gasteiger charge is -2.31. The minimum absolute atomic E-state index is 0.0800. The molecule has 0 spiro atoms. The molecule has 1 unspecified atom stereocenters. The fourth-order valence-electron chi connectivity index (χ4n) is 2.15. The summed E-state index contributed by atoms with van der Waals surface area (Å²) in [5.41, 5.74) is -0.0800. The fraction of sp³-hybridized carbons (Fsp3) is 0.727. The zero-order chi connectivity index (χ0) is 13.8. The molecule has 1 saturated carbocycles. The predicted octanol–water partition coefficient (Wildman–Crippen LogP) is -0.487. The highest BCUT2D eigenvalue weighted by molar-refractivity contribution is 5.20. The second-order valence-electron chi connectivity index (χ2n) is 4.98. The van der Waals surface area contributed by atoms with Gasteiger partial charge in [-0.25, -0.2) is 0 Å². The van der Waals surface area contributed by atoms with Gasteiger partial charge in [-0.05, 0) is 25.3 Å². The van der Waals surface area contributed by atoms with Crippen LogP contribution < -0.4 is 5.32 Å². The van der Waals surface area contributed by atoms with E-state index in [0.717, 1.165) is 25.6 Å². The number of hydrogen-bond donors (Lipinski definition) is 3. The highest BCUT2D eigenvalue weighted by atomic mass is 16.6. The molecule has 1 heterocycles. The first-order chi connectivity index (χ1) is 9.04. The highest BCUT2D eigenvalue weighted by Gasteiger charge is 2.26. The van der Waals surface area contributed by atoms with Crippen molar-refractivity contribution in [2.75, 3.05) is 13.1 Å². The van der Waals surface area contributed by atoms with E-state index in [-0.39, 0.29) is 18.3 Å². The molecular weight excluding hydrogens is 252 g/mol. The Kier molecular flexibility index (Phi) is 4.46. The molecule has 8 heteroatoms. The Balaban J connectivity index is 1.65. The van der Waals surface area contributed by atoms with E-state index < -0.39 is 11.0 Å². The summed E-state index contributed by atoms with van der Waals surface area (Å²) in [6, 6.07) is 0. The Labute approximate surface area is 110 Å². The number of aliphatic hydroxyl groups is 2. The van der Waals surface area contributed by atoms with Gasteiger partial charge in [-0.15, -0.1) is 0 Å². The Morgan fingerprint density at radius 2 is 2.37 bits per heavy atom. The van der Waals surface area contributed by atoms with Crippen LogP contribution >= 0.6 is 0 Å². The molecule has 19 heavy (non-hydrogen) atoms. The van der Waals surface area contributed by atoms with Crippen molar-refractivity contribution in [3.63, 3.8) is 0 Å². The molecule has 0 radical (unpaired) electrons. The molecule has 1 aliphatic rings. The maximum atomic E-state index is 10.5. The van der Waals surface area contributed by atoms with Gasteiger partial charge in [0.15, 0.2) is 0 Å². The van der Waals surface area contributed by atoms with Gasteiger partial charge in [-0.2, -0.15) is 5.10 Å². The third-order valence-electron chi connectivity index (χ3n) is 3.25. The molecule has 0 saturated heterocycles. The molecule has 1 aliphatic carbocycles. The minimum Gasteiger partial charge on any atom is -0.393 e. The first-order valence-electron chi connectivity index (χ1n) is 6.28. The molecule has 8 nitrogen and oxygen atoms in total. The van der Waals surface area contributed by atoms with Crippen molar-refractivity contribution in [2.24, 2.45) is 5.92 Å². The lowest BCUT2D eigenvalue weighted by molar-refractivity contribution is -0.385. The van der Waals surface area contributed by atoms with Crippen LogP contribution in [0.4, 0.5) is 5.69 Å². The summed E-state index contributed by atoms with van der Waals surface area (Å²) in [4.78, 5) is 9.95. The zero-order valence-electron chi connectivity index (χ0n) is 10.5. The van der Waals surface area contributed by atoms with E-state index >= 15 is 0 Å². The number of nitrogens with zero attached hydrogens (tertiary/aromatic N) is 3. The molecule has 1 fully saturated rings. The van der Waals surface area contributed by atoms with Crippen molar-refractivity contribution in [3.05, 3.63) is 22.5 Å². The van der Waals surface area contributed by atoms with E-state index in [1.807, 2.05) is 0 Å². The summed E-state index contributed by atoms with van der Waals surface area (Å²) < 4.78 is 1.36. The van der Waals surface area contributed by atoms with Gasteiger partial charge in [0.05, 0.1) is 23.7 Å². The maximum Gasteiger partial charge on any atom is 0.306 e. The molecule has 0 amide bonds. The number of nitro groups is 1. The van der Waals surface area contributed by atoms with Gasteiger partial charge in [0, 0.05) is 6.54 Å². The van der Waals surface area contributed by atoms with E-state index in [2.05, 4.69) is 10.4 Å². The van der Waals surface area contributed by atoms with Crippen LogP contribution in [0.3, 0.4) is 0 Å². The lowest BCUT2D eigenvalue weighted by atomic mass is 9.82. The van der Waals surface area contributed by atoms with Gasteiger partial charge in [0.25, 0.3) is 0 Å². The monoisotopic (exact) mass is 270 g/mol. The Morgan fingerprint density at radius 3 is 2.95 bits per heavy atom. The Hall–Kier alpha value is -1.51. The summed E-state index contributed by atoms with van der Waals surface area (Å²) in [7, 11) is 0. The standard InChI is InChI=1S/C11H18N4O4/c16-10-1-8(2-10)3-12-5-11(17)7-14-6-9(4-13-14)15(18)19/h4,6,8,10-12,16-17H,1-3,5,7H2. The summed E-state index contributed by atoms with van der Waals surface area (Å²) in [6.07, 6.45) is 3.27. The second-order valence-corrected chi connectivity index (χ2v) is 4.98. The van der Waals surface area contributed by atoms with E-state index in [9.17, 15) is 15.2 Å². The molecule has 3 N–H and O–H groups in total. The maximum absolute atomic E-state index is 10.5. The van der Waals surface area contributed by atoms with Gasteiger partial charge in [0.1, 0.15) is 12.4 Å². The highest BCUT2D eigenvalue weighted by Crippen LogP contribution is 2.25. The molecule has 106 valence electrons. The van der Waals surface area contributed by atoms with Crippen molar-refractivity contribution in [2.45, 2.75) is 31.6 Å². The third kappa shape index (κ3) is 3.98. The van der Waals surface area contributed by atoms with Gasteiger partial charge >= 0.3 is 5.69 Å². The van der Waals surface area contributed by atoms with Crippen molar-refractivity contribution in [1.29, 1.82) is 0 Å². The number of aromatic nitrogens is 2. The normalized spacial score (nSPS) is 23.9. The summed E-state index contributed by atoms with van der Waals surface area (Å²) in [6.45, 7) is 1.39. The summed E-state index contributed by atoms with van der Waals surface area (Å²) in [5.74, 6) is 0.480. The average molecular weight is 270 g/mol. The molecule has 1 aromatic heterocycles. The van der Waals surface area contributed by atoms with Gasteiger partial charge in [-0.3, -0.25) is 14.8 Å². The van der Waals surface area contributed by atoms with Crippen LogP contribution in [-0.4, -0.2) is 50.2 Å². The molecule has 2 rings (SSSR count).